The Morgan fingerprint density at radius 3 is 2.59 bits per heavy atom. The van der Waals surface area contributed by atoms with Crippen molar-refractivity contribution in [2.75, 3.05) is 0 Å². The lowest BCUT2D eigenvalue weighted by Crippen LogP contribution is -2.34. The first kappa shape index (κ1) is 12.6. The first-order valence-electron chi connectivity index (χ1n) is 6.55. The molecule has 0 aromatic carbocycles. The second-order valence-electron chi connectivity index (χ2n) is 6.17. The molecule has 96 valence electrons. The topological polar surface area (TPSA) is 64.9 Å². The van der Waals surface area contributed by atoms with Crippen molar-refractivity contribution >= 4 is 0 Å². The van der Waals surface area contributed by atoms with Crippen molar-refractivity contribution in [1.29, 1.82) is 0 Å². The maximum absolute atomic E-state index is 6.13. The summed E-state index contributed by atoms with van der Waals surface area (Å²) in [7, 11) is 0. The van der Waals surface area contributed by atoms with E-state index >= 15 is 0 Å². The van der Waals surface area contributed by atoms with E-state index in [4.69, 9.17) is 10.3 Å². The molecule has 1 saturated carbocycles. The zero-order valence-corrected chi connectivity index (χ0v) is 11.1. The maximum atomic E-state index is 6.13. The SMILES string of the molecule is CC(C)(C)c1noc(CC2CCCCC2N)n1. The number of nitrogens with two attached hydrogens (primary N) is 1. The van der Waals surface area contributed by atoms with Crippen LogP contribution >= 0.6 is 0 Å². The number of hydrogen-bond acceptors (Lipinski definition) is 4. The van der Waals surface area contributed by atoms with E-state index in [2.05, 4.69) is 30.9 Å². The van der Waals surface area contributed by atoms with Crippen LogP contribution in [0.2, 0.25) is 0 Å². The zero-order valence-electron chi connectivity index (χ0n) is 11.1. The highest BCUT2D eigenvalue weighted by Gasteiger charge is 2.26. The van der Waals surface area contributed by atoms with E-state index in [1.54, 1.807) is 0 Å². The summed E-state index contributed by atoms with van der Waals surface area (Å²) in [5.74, 6) is 2.05. The largest absolute Gasteiger partial charge is 0.339 e. The van der Waals surface area contributed by atoms with Crippen LogP contribution in [-0.2, 0) is 11.8 Å². The van der Waals surface area contributed by atoms with Gasteiger partial charge < -0.3 is 10.3 Å². The summed E-state index contributed by atoms with van der Waals surface area (Å²) >= 11 is 0. The van der Waals surface area contributed by atoms with Gasteiger partial charge in [-0.05, 0) is 18.8 Å². The molecule has 17 heavy (non-hydrogen) atoms. The Labute approximate surface area is 103 Å². The fourth-order valence-electron chi connectivity index (χ4n) is 2.36. The first-order chi connectivity index (χ1) is 7.97. The fourth-order valence-corrected chi connectivity index (χ4v) is 2.36. The Bertz CT molecular complexity index is 367. The Hall–Kier alpha value is -0.900. The highest BCUT2D eigenvalue weighted by atomic mass is 16.5. The minimum Gasteiger partial charge on any atom is -0.339 e. The van der Waals surface area contributed by atoms with Crippen LogP contribution in [0.15, 0.2) is 4.52 Å². The van der Waals surface area contributed by atoms with Crippen molar-refractivity contribution in [3.8, 4) is 0 Å². The van der Waals surface area contributed by atoms with Gasteiger partial charge in [0.15, 0.2) is 5.82 Å². The van der Waals surface area contributed by atoms with Crippen molar-refractivity contribution in [2.45, 2.75) is 64.3 Å². The molecule has 1 fully saturated rings. The van der Waals surface area contributed by atoms with E-state index in [0.29, 0.717) is 12.0 Å². The molecule has 4 nitrogen and oxygen atoms in total. The van der Waals surface area contributed by atoms with Crippen LogP contribution in [-0.4, -0.2) is 16.2 Å². The lowest BCUT2D eigenvalue weighted by atomic mass is 9.83. The van der Waals surface area contributed by atoms with E-state index in [9.17, 15) is 0 Å². The van der Waals surface area contributed by atoms with Gasteiger partial charge in [0.05, 0.1) is 0 Å². The van der Waals surface area contributed by atoms with E-state index in [-0.39, 0.29) is 5.41 Å². The quantitative estimate of drug-likeness (QED) is 0.858. The number of rotatable bonds is 2. The van der Waals surface area contributed by atoms with Gasteiger partial charge in [-0.25, -0.2) is 0 Å². The van der Waals surface area contributed by atoms with Crippen molar-refractivity contribution in [3.63, 3.8) is 0 Å². The van der Waals surface area contributed by atoms with E-state index in [0.717, 1.165) is 24.6 Å². The highest BCUT2D eigenvalue weighted by Crippen LogP contribution is 2.26. The molecule has 0 bridgehead atoms. The Morgan fingerprint density at radius 2 is 2.00 bits per heavy atom. The second kappa shape index (κ2) is 4.77. The molecule has 2 unspecified atom stereocenters. The number of hydrogen-bond donors (Lipinski definition) is 1. The normalized spacial score (nSPS) is 26.1. The standard InChI is InChI=1S/C13H23N3O/c1-13(2,3)12-15-11(17-16-12)8-9-6-4-5-7-10(9)14/h9-10H,4-8,14H2,1-3H3. The molecule has 1 aliphatic rings. The first-order valence-corrected chi connectivity index (χ1v) is 6.55. The van der Waals surface area contributed by atoms with Crippen LogP contribution in [0, 0.1) is 5.92 Å². The summed E-state index contributed by atoms with van der Waals surface area (Å²) in [4.78, 5) is 4.48. The monoisotopic (exact) mass is 237 g/mol. The maximum Gasteiger partial charge on any atom is 0.226 e. The Balaban J connectivity index is 2.01. The van der Waals surface area contributed by atoms with Gasteiger partial charge >= 0.3 is 0 Å². The molecule has 0 aliphatic heterocycles. The Morgan fingerprint density at radius 1 is 1.29 bits per heavy atom. The number of aromatic nitrogens is 2. The van der Waals surface area contributed by atoms with Gasteiger partial charge in [-0.3, -0.25) is 0 Å². The molecule has 1 heterocycles. The third kappa shape index (κ3) is 3.06. The third-order valence-electron chi connectivity index (χ3n) is 3.54. The van der Waals surface area contributed by atoms with Crippen LogP contribution in [0.1, 0.15) is 58.2 Å². The summed E-state index contributed by atoms with van der Waals surface area (Å²) < 4.78 is 5.33. The molecular formula is C13H23N3O. The van der Waals surface area contributed by atoms with Crippen LogP contribution in [0.3, 0.4) is 0 Å². The van der Waals surface area contributed by atoms with Gasteiger partial charge in [0.2, 0.25) is 5.89 Å². The van der Waals surface area contributed by atoms with Gasteiger partial charge in [-0.1, -0.05) is 38.8 Å². The summed E-state index contributed by atoms with van der Waals surface area (Å²) in [6.07, 6.45) is 5.69. The average Bonchev–Trinajstić information content (AvgIpc) is 2.69. The molecule has 2 N–H and O–H groups in total. The summed E-state index contributed by atoms with van der Waals surface area (Å²) in [6.45, 7) is 6.27. The molecule has 0 radical (unpaired) electrons. The van der Waals surface area contributed by atoms with Gasteiger partial charge in [0, 0.05) is 17.9 Å². The molecule has 4 heteroatoms. The molecule has 0 amide bonds. The highest BCUT2D eigenvalue weighted by molar-refractivity contribution is 5.00. The molecule has 1 aromatic heterocycles. The molecule has 1 aliphatic carbocycles. The average molecular weight is 237 g/mol. The van der Waals surface area contributed by atoms with Crippen LogP contribution in [0.4, 0.5) is 0 Å². The zero-order chi connectivity index (χ0) is 12.5. The van der Waals surface area contributed by atoms with Gasteiger partial charge in [-0.15, -0.1) is 0 Å². The predicted molar refractivity (Wildman–Crippen MR) is 66.6 cm³/mol. The minimum absolute atomic E-state index is 0.0452. The molecule has 0 spiro atoms. The van der Waals surface area contributed by atoms with Crippen molar-refractivity contribution in [3.05, 3.63) is 11.7 Å². The third-order valence-corrected chi connectivity index (χ3v) is 3.54. The van der Waals surface area contributed by atoms with Crippen LogP contribution in [0.25, 0.3) is 0 Å². The summed E-state index contributed by atoms with van der Waals surface area (Å²) in [5, 5.41) is 4.05. The van der Waals surface area contributed by atoms with Crippen LogP contribution < -0.4 is 5.73 Å². The second-order valence-corrected chi connectivity index (χ2v) is 6.17. The van der Waals surface area contributed by atoms with E-state index in [1.807, 2.05) is 0 Å². The van der Waals surface area contributed by atoms with E-state index in [1.165, 1.54) is 19.3 Å². The van der Waals surface area contributed by atoms with Crippen molar-refractivity contribution < 1.29 is 4.52 Å². The lowest BCUT2D eigenvalue weighted by molar-refractivity contribution is 0.272. The number of nitrogens with zero attached hydrogens (tertiary/aromatic N) is 2. The van der Waals surface area contributed by atoms with Gasteiger partial charge in [0.25, 0.3) is 0 Å². The molecule has 2 rings (SSSR count). The minimum atomic E-state index is -0.0452. The van der Waals surface area contributed by atoms with Gasteiger partial charge in [-0.2, -0.15) is 4.98 Å². The van der Waals surface area contributed by atoms with Crippen molar-refractivity contribution in [2.24, 2.45) is 11.7 Å². The fraction of sp³-hybridized carbons (Fsp3) is 0.846. The Kier molecular flexibility index (Phi) is 3.52. The van der Waals surface area contributed by atoms with Gasteiger partial charge in [0.1, 0.15) is 0 Å². The lowest BCUT2D eigenvalue weighted by Gasteiger charge is -2.27. The molecular weight excluding hydrogens is 214 g/mol. The molecule has 1 aromatic rings. The summed E-state index contributed by atoms with van der Waals surface area (Å²) in [6, 6.07) is 0.300. The molecule has 2 atom stereocenters. The predicted octanol–water partition coefficient (Wildman–Crippen LogP) is 2.43. The molecule has 0 saturated heterocycles. The smallest absolute Gasteiger partial charge is 0.226 e. The van der Waals surface area contributed by atoms with E-state index < -0.39 is 0 Å². The summed E-state index contributed by atoms with van der Waals surface area (Å²) in [5.41, 5.74) is 6.08. The van der Waals surface area contributed by atoms with Crippen LogP contribution in [0.5, 0.6) is 0 Å². The van der Waals surface area contributed by atoms with Crippen molar-refractivity contribution in [1.82, 2.24) is 10.1 Å².